The molecule has 1 fully saturated rings. The van der Waals surface area contributed by atoms with Crippen molar-refractivity contribution < 1.29 is 19.4 Å². The van der Waals surface area contributed by atoms with Crippen molar-refractivity contribution in [3.05, 3.63) is 60.2 Å². The monoisotopic (exact) mass is 461 g/mol. The molecule has 0 bridgehead atoms. The first-order chi connectivity index (χ1) is 16.5. The summed E-state index contributed by atoms with van der Waals surface area (Å²) >= 11 is 0. The Morgan fingerprint density at radius 1 is 1.03 bits per heavy atom. The maximum atomic E-state index is 12.0. The Kier molecular flexibility index (Phi) is 7.46. The molecule has 1 aliphatic heterocycles. The number of aliphatic hydroxyl groups excluding tert-OH is 1. The number of hydrogen-bond acceptors (Lipinski definition) is 7. The van der Waals surface area contributed by atoms with Crippen LogP contribution >= 0.6 is 0 Å². The molecule has 4 rings (SSSR count). The fraction of sp³-hybridized carbons (Fsp3) is 0.280. The third kappa shape index (κ3) is 5.94. The van der Waals surface area contributed by atoms with Gasteiger partial charge in [-0.3, -0.25) is 9.59 Å². The second-order valence-electron chi connectivity index (χ2n) is 7.93. The molecular formula is C25H27N5O4. The summed E-state index contributed by atoms with van der Waals surface area (Å²) in [6.45, 7) is 3.99. The summed E-state index contributed by atoms with van der Waals surface area (Å²) in [4.78, 5) is 34.7. The lowest BCUT2D eigenvalue weighted by Gasteiger charge is -2.28. The number of hydrogen-bond donors (Lipinski definition) is 3. The average molecular weight is 462 g/mol. The number of benzene rings is 2. The van der Waals surface area contributed by atoms with Gasteiger partial charge in [0.05, 0.1) is 32.1 Å². The van der Waals surface area contributed by atoms with E-state index in [0.29, 0.717) is 24.7 Å². The Labute approximate surface area is 197 Å². The predicted octanol–water partition coefficient (Wildman–Crippen LogP) is 2.21. The van der Waals surface area contributed by atoms with Crippen molar-refractivity contribution in [2.24, 2.45) is 0 Å². The highest BCUT2D eigenvalue weighted by molar-refractivity contribution is 5.94. The highest BCUT2D eigenvalue weighted by Crippen LogP contribution is 2.28. The lowest BCUT2D eigenvalue weighted by Crippen LogP contribution is -2.36. The van der Waals surface area contributed by atoms with E-state index >= 15 is 0 Å². The highest BCUT2D eigenvalue weighted by atomic mass is 16.5. The fourth-order valence-electron chi connectivity index (χ4n) is 3.61. The van der Waals surface area contributed by atoms with Crippen molar-refractivity contribution in [2.75, 3.05) is 43.1 Å². The summed E-state index contributed by atoms with van der Waals surface area (Å²) in [6.07, 6.45) is 0. The molecule has 1 saturated heterocycles. The van der Waals surface area contributed by atoms with Gasteiger partial charge in [-0.2, -0.15) is 0 Å². The van der Waals surface area contributed by atoms with Crippen LogP contribution in [0, 0.1) is 0 Å². The van der Waals surface area contributed by atoms with E-state index in [1.54, 1.807) is 12.1 Å². The second-order valence-corrected chi connectivity index (χ2v) is 7.93. The molecule has 34 heavy (non-hydrogen) atoms. The summed E-state index contributed by atoms with van der Waals surface area (Å²) in [6, 6.07) is 16.9. The van der Waals surface area contributed by atoms with Gasteiger partial charge in [0.1, 0.15) is 5.82 Å². The van der Waals surface area contributed by atoms with E-state index in [1.165, 1.54) is 6.92 Å². The van der Waals surface area contributed by atoms with Crippen LogP contribution in [0.5, 0.6) is 0 Å². The van der Waals surface area contributed by atoms with Crippen molar-refractivity contribution in [1.29, 1.82) is 0 Å². The number of rotatable bonds is 7. The molecule has 3 aromatic rings. The van der Waals surface area contributed by atoms with Crippen LogP contribution in [-0.4, -0.2) is 59.7 Å². The SMILES string of the molecule is CC(=O)NCC(=O)Nc1ccc(-c2cc(N3CCOCC3)nc(-c3cccc(CO)c3)n2)cc1. The van der Waals surface area contributed by atoms with Crippen LogP contribution in [0.3, 0.4) is 0 Å². The number of ether oxygens (including phenoxy) is 1. The smallest absolute Gasteiger partial charge is 0.243 e. The predicted molar refractivity (Wildman–Crippen MR) is 129 cm³/mol. The number of amides is 2. The largest absolute Gasteiger partial charge is 0.392 e. The lowest BCUT2D eigenvalue weighted by atomic mass is 10.1. The zero-order chi connectivity index (χ0) is 23.9. The Bertz CT molecular complexity index is 1160. The molecule has 176 valence electrons. The van der Waals surface area contributed by atoms with Crippen LogP contribution in [0.2, 0.25) is 0 Å². The topological polar surface area (TPSA) is 117 Å². The minimum Gasteiger partial charge on any atom is -0.392 e. The van der Waals surface area contributed by atoms with Crippen molar-refractivity contribution >= 4 is 23.3 Å². The summed E-state index contributed by atoms with van der Waals surface area (Å²) in [5.41, 5.74) is 3.86. The zero-order valence-corrected chi connectivity index (χ0v) is 19.0. The molecule has 2 aromatic carbocycles. The number of aromatic nitrogens is 2. The minimum absolute atomic E-state index is 0.0566. The van der Waals surface area contributed by atoms with Gasteiger partial charge >= 0.3 is 0 Å². The molecule has 0 aliphatic carbocycles. The lowest BCUT2D eigenvalue weighted by molar-refractivity contribution is -0.122. The average Bonchev–Trinajstić information content (AvgIpc) is 2.88. The van der Waals surface area contributed by atoms with E-state index in [9.17, 15) is 14.7 Å². The summed E-state index contributed by atoms with van der Waals surface area (Å²) in [5.74, 6) is 0.823. The van der Waals surface area contributed by atoms with Crippen LogP contribution < -0.4 is 15.5 Å². The van der Waals surface area contributed by atoms with Gasteiger partial charge in [-0.15, -0.1) is 0 Å². The summed E-state index contributed by atoms with van der Waals surface area (Å²) in [7, 11) is 0. The molecular weight excluding hydrogens is 434 g/mol. The standard InChI is InChI=1S/C25H27N5O4/c1-17(32)26-15-24(33)27-21-7-5-19(6-8-21)22-14-23(30-9-11-34-12-10-30)29-25(28-22)20-4-2-3-18(13-20)16-31/h2-8,13-14,31H,9-12,15-16H2,1H3,(H,26,32)(H,27,33). The zero-order valence-electron chi connectivity index (χ0n) is 19.0. The first-order valence-corrected chi connectivity index (χ1v) is 11.1. The van der Waals surface area contributed by atoms with Gasteiger partial charge in [-0.05, 0) is 23.8 Å². The van der Waals surface area contributed by atoms with Gasteiger partial charge in [0.25, 0.3) is 0 Å². The normalized spacial score (nSPS) is 13.4. The van der Waals surface area contributed by atoms with Gasteiger partial charge < -0.3 is 25.4 Å². The third-order valence-corrected chi connectivity index (χ3v) is 5.38. The third-order valence-electron chi connectivity index (χ3n) is 5.38. The fourth-order valence-corrected chi connectivity index (χ4v) is 3.61. The molecule has 2 heterocycles. The molecule has 3 N–H and O–H groups in total. The first kappa shape index (κ1) is 23.3. The van der Waals surface area contributed by atoms with E-state index in [0.717, 1.165) is 41.3 Å². The van der Waals surface area contributed by atoms with Gasteiger partial charge in [0.15, 0.2) is 5.82 Å². The molecule has 1 aliphatic rings. The van der Waals surface area contributed by atoms with E-state index in [-0.39, 0.29) is 25.0 Å². The highest BCUT2D eigenvalue weighted by Gasteiger charge is 2.17. The molecule has 0 atom stereocenters. The van der Waals surface area contributed by atoms with Crippen molar-refractivity contribution in [3.63, 3.8) is 0 Å². The van der Waals surface area contributed by atoms with Crippen molar-refractivity contribution in [2.45, 2.75) is 13.5 Å². The van der Waals surface area contributed by atoms with Crippen LogP contribution in [0.1, 0.15) is 12.5 Å². The van der Waals surface area contributed by atoms with Crippen LogP contribution in [0.4, 0.5) is 11.5 Å². The Hall–Kier alpha value is -3.82. The first-order valence-electron chi connectivity index (χ1n) is 11.1. The minimum atomic E-state index is -0.300. The van der Waals surface area contributed by atoms with Crippen LogP contribution in [-0.2, 0) is 20.9 Å². The molecule has 0 unspecified atom stereocenters. The summed E-state index contributed by atoms with van der Waals surface area (Å²) < 4.78 is 5.49. The Balaban J connectivity index is 1.63. The van der Waals surface area contributed by atoms with Gasteiger partial charge in [-0.1, -0.05) is 30.3 Å². The second kappa shape index (κ2) is 10.9. The van der Waals surface area contributed by atoms with E-state index in [4.69, 9.17) is 14.7 Å². The Morgan fingerprint density at radius 3 is 2.50 bits per heavy atom. The van der Waals surface area contributed by atoms with Crippen LogP contribution in [0.15, 0.2) is 54.6 Å². The number of aliphatic hydroxyl groups is 1. The van der Waals surface area contributed by atoms with Crippen LogP contribution in [0.25, 0.3) is 22.6 Å². The summed E-state index contributed by atoms with van der Waals surface area (Å²) in [5, 5.41) is 14.8. The quantitative estimate of drug-likeness (QED) is 0.494. The molecule has 0 spiro atoms. The molecule has 9 heteroatoms. The van der Waals surface area contributed by atoms with Gasteiger partial charge in [0.2, 0.25) is 11.8 Å². The number of morpholine rings is 1. The number of carbonyl (C=O) groups is 2. The molecule has 1 aromatic heterocycles. The Morgan fingerprint density at radius 2 is 1.79 bits per heavy atom. The number of carbonyl (C=O) groups excluding carboxylic acids is 2. The number of anilines is 2. The number of nitrogens with one attached hydrogen (secondary N) is 2. The van der Waals surface area contributed by atoms with E-state index < -0.39 is 0 Å². The van der Waals surface area contributed by atoms with Crippen molar-refractivity contribution in [1.82, 2.24) is 15.3 Å². The van der Waals surface area contributed by atoms with Gasteiger partial charge in [0, 0.05) is 42.9 Å². The maximum Gasteiger partial charge on any atom is 0.243 e. The van der Waals surface area contributed by atoms with E-state index in [1.807, 2.05) is 42.5 Å². The van der Waals surface area contributed by atoms with Gasteiger partial charge in [-0.25, -0.2) is 9.97 Å². The maximum absolute atomic E-state index is 12.0. The molecule has 9 nitrogen and oxygen atoms in total. The van der Waals surface area contributed by atoms with Crippen molar-refractivity contribution in [3.8, 4) is 22.6 Å². The van der Waals surface area contributed by atoms with E-state index in [2.05, 4.69) is 15.5 Å². The number of nitrogens with zero attached hydrogens (tertiary/aromatic N) is 3. The molecule has 0 saturated carbocycles. The molecule has 0 radical (unpaired) electrons. The molecule has 2 amide bonds.